The molecule has 0 fully saturated rings. The third kappa shape index (κ3) is 4.36. The molecule has 0 aromatic carbocycles. The molecule has 7 heteroatoms. The lowest BCUT2D eigenvalue weighted by Crippen LogP contribution is -2.20. The molecular weight excluding hydrogens is 280 g/mol. The van der Waals surface area contributed by atoms with Crippen LogP contribution < -0.4 is 5.32 Å². The highest BCUT2D eigenvalue weighted by atomic mass is 32.1. The Bertz CT molecular complexity index is 616. The van der Waals surface area contributed by atoms with Crippen molar-refractivity contribution in [1.29, 1.82) is 0 Å². The van der Waals surface area contributed by atoms with E-state index in [4.69, 9.17) is 9.26 Å². The molecule has 2 aromatic rings. The van der Waals surface area contributed by atoms with Gasteiger partial charge in [0.05, 0.1) is 0 Å². The van der Waals surface area contributed by atoms with Gasteiger partial charge in [0.25, 0.3) is 5.91 Å². The Morgan fingerprint density at radius 1 is 1.55 bits per heavy atom. The van der Waals surface area contributed by atoms with Gasteiger partial charge in [0, 0.05) is 12.1 Å². The Morgan fingerprint density at radius 2 is 2.40 bits per heavy atom. The average Bonchev–Trinajstić information content (AvgIpc) is 3.06. The van der Waals surface area contributed by atoms with Gasteiger partial charge in [-0.1, -0.05) is 5.16 Å². The van der Waals surface area contributed by atoms with Crippen LogP contribution in [0.2, 0.25) is 0 Å². The van der Waals surface area contributed by atoms with Crippen molar-refractivity contribution in [3.8, 4) is 0 Å². The van der Waals surface area contributed by atoms with Crippen molar-refractivity contribution >= 4 is 35.1 Å². The van der Waals surface area contributed by atoms with E-state index in [9.17, 15) is 9.59 Å². The molecule has 2 aromatic heterocycles. The molecule has 0 aliphatic heterocycles. The molecule has 1 amide bonds. The molecule has 104 valence electrons. The van der Waals surface area contributed by atoms with Crippen LogP contribution in [-0.4, -0.2) is 23.6 Å². The summed E-state index contributed by atoms with van der Waals surface area (Å²) in [5.41, 5.74) is 0.912. The molecule has 0 saturated heterocycles. The van der Waals surface area contributed by atoms with Gasteiger partial charge in [-0.2, -0.15) is 11.3 Å². The first kappa shape index (κ1) is 14.0. The number of nitrogens with one attached hydrogen (secondary N) is 1. The molecule has 0 spiro atoms. The molecule has 0 aliphatic carbocycles. The Hall–Kier alpha value is -2.41. The summed E-state index contributed by atoms with van der Waals surface area (Å²) in [6.45, 7) is 1.33. The van der Waals surface area contributed by atoms with Gasteiger partial charge in [0.15, 0.2) is 12.4 Å². The molecule has 6 nitrogen and oxygen atoms in total. The summed E-state index contributed by atoms with van der Waals surface area (Å²) in [6, 6.07) is 3.43. The predicted molar refractivity (Wildman–Crippen MR) is 74.2 cm³/mol. The van der Waals surface area contributed by atoms with E-state index in [2.05, 4.69) is 10.5 Å². The fraction of sp³-hybridized carbons (Fsp3) is 0.154. The molecule has 0 aliphatic rings. The lowest BCUT2D eigenvalue weighted by atomic mass is 10.3. The van der Waals surface area contributed by atoms with Crippen molar-refractivity contribution in [3.63, 3.8) is 0 Å². The number of esters is 1. The maximum absolute atomic E-state index is 11.5. The molecular formula is C13H12N2O4S. The quantitative estimate of drug-likeness (QED) is 0.675. The first-order valence-corrected chi connectivity index (χ1v) is 6.68. The van der Waals surface area contributed by atoms with Crippen LogP contribution in [0.15, 0.2) is 33.5 Å². The number of ether oxygens (including phenoxy) is 1. The van der Waals surface area contributed by atoms with Gasteiger partial charge in [0.1, 0.15) is 5.76 Å². The van der Waals surface area contributed by atoms with Crippen LogP contribution in [0.5, 0.6) is 0 Å². The number of carbonyl (C=O) groups is 2. The number of hydrogen-bond acceptors (Lipinski definition) is 6. The summed E-state index contributed by atoms with van der Waals surface area (Å²) < 4.78 is 9.58. The Balaban J connectivity index is 1.74. The number of anilines is 1. The maximum atomic E-state index is 11.5. The minimum absolute atomic E-state index is 0.289. The minimum atomic E-state index is -0.581. The number of carbonyl (C=O) groups excluding carboxylic acids is 2. The summed E-state index contributed by atoms with van der Waals surface area (Å²) in [5, 5.41) is 9.83. The topological polar surface area (TPSA) is 81.4 Å². The zero-order chi connectivity index (χ0) is 14.4. The van der Waals surface area contributed by atoms with Crippen LogP contribution in [0.3, 0.4) is 0 Å². The van der Waals surface area contributed by atoms with Crippen LogP contribution in [0, 0.1) is 6.92 Å². The lowest BCUT2D eigenvalue weighted by molar-refractivity contribution is -0.142. The van der Waals surface area contributed by atoms with Crippen molar-refractivity contribution in [2.75, 3.05) is 11.9 Å². The standard InChI is InChI=1S/C13H12N2O4S/c1-9-6-11(15-19-9)14-12(16)7-18-13(17)3-2-10-4-5-20-8-10/h2-6,8H,7H2,1H3,(H,14,15,16)/b3-2+. The zero-order valence-electron chi connectivity index (χ0n) is 10.7. The number of aryl methyl sites for hydroxylation is 1. The van der Waals surface area contributed by atoms with Crippen LogP contribution >= 0.6 is 11.3 Å². The van der Waals surface area contributed by atoms with Crippen LogP contribution in [0.25, 0.3) is 6.08 Å². The van der Waals surface area contributed by atoms with E-state index < -0.39 is 11.9 Å². The highest BCUT2D eigenvalue weighted by Gasteiger charge is 2.08. The second-order valence-corrected chi connectivity index (χ2v) is 4.65. The number of hydrogen-bond donors (Lipinski definition) is 1. The van der Waals surface area contributed by atoms with Gasteiger partial charge in [-0.05, 0) is 35.4 Å². The maximum Gasteiger partial charge on any atom is 0.331 e. The third-order valence-electron chi connectivity index (χ3n) is 2.20. The monoisotopic (exact) mass is 292 g/mol. The van der Waals surface area contributed by atoms with Crippen molar-refractivity contribution in [3.05, 3.63) is 40.3 Å². The van der Waals surface area contributed by atoms with E-state index in [1.165, 1.54) is 17.4 Å². The van der Waals surface area contributed by atoms with Gasteiger partial charge in [-0.25, -0.2) is 4.79 Å². The van der Waals surface area contributed by atoms with Gasteiger partial charge in [0.2, 0.25) is 0 Å². The molecule has 20 heavy (non-hydrogen) atoms. The minimum Gasteiger partial charge on any atom is -0.452 e. The zero-order valence-corrected chi connectivity index (χ0v) is 11.5. The SMILES string of the molecule is Cc1cc(NC(=O)COC(=O)/C=C/c2ccsc2)no1. The average molecular weight is 292 g/mol. The van der Waals surface area contributed by atoms with Crippen molar-refractivity contribution < 1.29 is 18.8 Å². The Kier molecular flexibility index (Phi) is 4.67. The molecule has 0 unspecified atom stereocenters. The Morgan fingerprint density at radius 3 is 3.05 bits per heavy atom. The molecule has 1 N–H and O–H groups in total. The van der Waals surface area contributed by atoms with E-state index in [1.54, 1.807) is 19.1 Å². The Labute approximate surface area is 119 Å². The van der Waals surface area contributed by atoms with Gasteiger partial charge < -0.3 is 14.6 Å². The largest absolute Gasteiger partial charge is 0.452 e. The fourth-order valence-corrected chi connectivity index (χ4v) is 1.95. The first-order chi connectivity index (χ1) is 9.63. The smallest absolute Gasteiger partial charge is 0.331 e. The van der Waals surface area contributed by atoms with Crippen LogP contribution in [0.4, 0.5) is 5.82 Å². The van der Waals surface area contributed by atoms with Crippen molar-refractivity contribution in [2.24, 2.45) is 0 Å². The second-order valence-electron chi connectivity index (χ2n) is 3.87. The van der Waals surface area contributed by atoms with Gasteiger partial charge >= 0.3 is 5.97 Å². The summed E-state index contributed by atoms with van der Waals surface area (Å²) in [6.07, 6.45) is 2.90. The van der Waals surface area contributed by atoms with E-state index in [0.717, 1.165) is 5.56 Å². The van der Waals surface area contributed by atoms with Gasteiger partial charge in [-0.3, -0.25) is 4.79 Å². The second kappa shape index (κ2) is 6.67. The number of thiophene rings is 1. The fourth-order valence-electron chi connectivity index (χ4n) is 1.32. The highest BCUT2D eigenvalue weighted by molar-refractivity contribution is 7.08. The molecule has 2 heterocycles. The molecule has 0 saturated carbocycles. The molecule has 2 rings (SSSR count). The molecule has 0 bridgehead atoms. The van der Waals surface area contributed by atoms with E-state index in [0.29, 0.717) is 5.76 Å². The number of rotatable bonds is 5. The summed E-state index contributed by atoms with van der Waals surface area (Å²) in [4.78, 5) is 22.8. The molecule has 0 radical (unpaired) electrons. The molecule has 0 atom stereocenters. The van der Waals surface area contributed by atoms with Gasteiger partial charge in [-0.15, -0.1) is 0 Å². The normalized spacial score (nSPS) is 10.7. The first-order valence-electron chi connectivity index (χ1n) is 5.74. The number of nitrogens with zero attached hydrogens (tertiary/aromatic N) is 1. The van der Waals surface area contributed by atoms with E-state index >= 15 is 0 Å². The summed E-state index contributed by atoms with van der Waals surface area (Å²) >= 11 is 1.53. The van der Waals surface area contributed by atoms with Crippen molar-refractivity contribution in [1.82, 2.24) is 5.16 Å². The van der Waals surface area contributed by atoms with E-state index in [-0.39, 0.29) is 12.4 Å². The van der Waals surface area contributed by atoms with Crippen LogP contribution in [0.1, 0.15) is 11.3 Å². The summed E-state index contributed by atoms with van der Waals surface area (Å²) in [7, 11) is 0. The van der Waals surface area contributed by atoms with E-state index in [1.807, 2.05) is 16.8 Å². The van der Waals surface area contributed by atoms with Crippen LogP contribution in [-0.2, 0) is 14.3 Å². The number of aromatic nitrogens is 1. The van der Waals surface area contributed by atoms with Crippen molar-refractivity contribution in [2.45, 2.75) is 6.92 Å². The highest BCUT2D eigenvalue weighted by Crippen LogP contribution is 2.08. The number of amides is 1. The summed E-state index contributed by atoms with van der Waals surface area (Å²) in [5.74, 6) is -0.188. The third-order valence-corrected chi connectivity index (χ3v) is 2.90. The predicted octanol–water partition coefficient (Wildman–Crippen LogP) is 2.24. The lowest BCUT2D eigenvalue weighted by Gasteiger charge is -2.01.